The fourth-order valence-corrected chi connectivity index (χ4v) is 1.43. The van der Waals surface area contributed by atoms with Gasteiger partial charge in [0.15, 0.2) is 0 Å². The fraction of sp³-hybridized carbons (Fsp3) is 0.143. The molecule has 0 heterocycles. The SMILES string of the molecule is CCOc1ccc(N=Nc2ccc(N)cc2)cc1. The van der Waals surface area contributed by atoms with E-state index >= 15 is 0 Å². The van der Waals surface area contributed by atoms with E-state index in [4.69, 9.17) is 10.5 Å². The molecule has 0 fully saturated rings. The maximum absolute atomic E-state index is 5.59. The third-order valence-electron chi connectivity index (χ3n) is 2.32. The maximum atomic E-state index is 5.59. The average Bonchev–Trinajstić information content (AvgIpc) is 2.40. The molecule has 0 saturated carbocycles. The van der Waals surface area contributed by atoms with Crippen LogP contribution in [0.2, 0.25) is 0 Å². The number of hydrogen-bond donors (Lipinski definition) is 1. The summed E-state index contributed by atoms with van der Waals surface area (Å²) in [7, 11) is 0. The van der Waals surface area contributed by atoms with E-state index in [0.717, 1.165) is 22.8 Å². The van der Waals surface area contributed by atoms with Gasteiger partial charge < -0.3 is 10.5 Å². The number of hydrogen-bond acceptors (Lipinski definition) is 4. The van der Waals surface area contributed by atoms with Crippen molar-refractivity contribution in [3.8, 4) is 5.75 Å². The summed E-state index contributed by atoms with van der Waals surface area (Å²) < 4.78 is 5.35. The number of nitrogens with two attached hydrogens (primary N) is 1. The van der Waals surface area contributed by atoms with Crippen molar-refractivity contribution in [2.24, 2.45) is 10.2 Å². The summed E-state index contributed by atoms with van der Waals surface area (Å²) in [6, 6.07) is 14.7. The second kappa shape index (κ2) is 5.82. The van der Waals surface area contributed by atoms with Gasteiger partial charge in [0.2, 0.25) is 0 Å². The average molecular weight is 241 g/mol. The highest BCUT2D eigenvalue weighted by atomic mass is 16.5. The van der Waals surface area contributed by atoms with Crippen LogP contribution in [0.1, 0.15) is 6.92 Å². The van der Waals surface area contributed by atoms with Crippen LogP contribution in [0.3, 0.4) is 0 Å². The van der Waals surface area contributed by atoms with Gasteiger partial charge in [-0.15, -0.1) is 0 Å². The Bertz CT molecular complexity index is 518. The molecular weight excluding hydrogens is 226 g/mol. The Morgan fingerprint density at radius 3 is 1.89 bits per heavy atom. The predicted octanol–water partition coefficient (Wildman–Crippen LogP) is 4.08. The Morgan fingerprint density at radius 1 is 0.889 bits per heavy atom. The minimum Gasteiger partial charge on any atom is -0.494 e. The van der Waals surface area contributed by atoms with Gasteiger partial charge in [0.05, 0.1) is 18.0 Å². The van der Waals surface area contributed by atoms with Crippen molar-refractivity contribution < 1.29 is 4.74 Å². The van der Waals surface area contributed by atoms with Gasteiger partial charge in [-0.3, -0.25) is 0 Å². The zero-order chi connectivity index (χ0) is 12.8. The number of ether oxygens (including phenoxy) is 1. The van der Waals surface area contributed by atoms with E-state index in [1.807, 2.05) is 43.3 Å². The van der Waals surface area contributed by atoms with E-state index < -0.39 is 0 Å². The van der Waals surface area contributed by atoms with Crippen LogP contribution in [0, 0.1) is 0 Å². The van der Waals surface area contributed by atoms with Gasteiger partial charge in [0.1, 0.15) is 5.75 Å². The topological polar surface area (TPSA) is 60.0 Å². The van der Waals surface area contributed by atoms with Gasteiger partial charge in [0, 0.05) is 5.69 Å². The number of benzene rings is 2. The summed E-state index contributed by atoms with van der Waals surface area (Å²) in [6.45, 7) is 2.61. The Morgan fingerprint density at radius 2 is 1.39 bits per heavy atom. The van der Waals surface area contributed by atoms with Gasteiger partial charge in [-0.05, 0) is 55.5 Å². The second-order valence-electron chi connectivity index (χ2n) is 3.72. The summed E-state index contributed by atoms with van der Waals surface area (Å²) in [4.78, 5) is 0. The number of nitrogen functional groups attached to an aromatic ring is 1. The lowest BCUT2D eigenvalue weighted by Gasteiger charge is -2.01. The van der Waals surface area contributed by atoms with Crippen molar-refractivity contribution in [1.29, 1.82) is 0 Å². The van der Waals surface area contributed by atoms with Crippen molar-refractivity contribution in [1.82, 2.24) is 0 Å². The zero-order valence-corrected chi connectivity index (χ0v) is 10.2. The van der Waals surface area contributed by atoms with Gasteiger partial charge in [-0.2, -0.15) is 10.2 Å². The lowest BCUT2D eigenvalue weighted by molar-refractivity contribution is 0.340. The molecule has 2 N–H and O–H groups in total. The number of rotatable bonds is 4. The molecule has 2 aromatic carbocycles. The Balaban J connectivity index is 2.06. The van der Waals surface area contributed by atoms with Crippen molar-refractivity contribution in [3.05, 3.63) is 48.5 Å². The summed E-state index contributed by atoms with van der Waals surface area (Å²) >= 11 is 0. The lowest BCUT2D eigenvalue weighted by Crippen LogP contribution is -1.89. The van der Waals surface area contributed by atoms with Crippen LogP contribution in [0.4, 0.5) is 17.1 Å². The Labute approximate surface area is 106 Å². The van der Waals surface area contributed by atoms with E-state index in [-0.39, 0.29) is 0 Å². The quantitative estimate of drug-likeness (QED) is 0.647. The number of anilines is 1. The van der Waals surface area contributed by atoms with E-state index in [0.29, 0.717) is 6.61 Å². The van der Waals surface area contributed by atoms with E-state index in [9.17, 15) is 0 Å². The number of nitrogens with zero attached hydrogens (tertiary/aromatic N) is 2. The molecule has 0 saturated heterocycles. The van der Waals surface area contributed by atoms with Crippen LogP contribution >= 0.6 is 0 Å². The minimum absolute atomic E-state index is 0.659. The van der Waals surface area contributed by atoms with Crippen molar-refractivity contribution >= 4 is 17.1 Å². The first kappa shape index (κ1) is 12.1. The highest BCUT2D eigenvalue weighted by molar-refractivity contribution is 5.48. The van der Waals surface area contributed by atoms with Crippen LogP contribution in [-0.4, -0.2) is 6.61 Å². The molecule has 0 aromatic heterocycles. The molecule has 4 nitrogen and oxygen atoms in total. The third kappa shape index (κ3) is 3.31. The Hall–Kier alpha value is -2.36. The van der Waals surface area contributed by atoms with Crippen LogP contribution in [0.5, 0.6) is 5.75 Å². The first-order valence-electron chi connectivity index (χ1n) is 5.78. The van der Waals surface area contributed by atoms with Crippen LogP contribution in [0.25, 0.3) is 0 Å². The van der Waals surface area contributed by atoms with E-state index in [1.165, 1.54) is 0 Å². The molecule has 0 radical (unpaired) electrons. The molecule has 0 bridgehead atoms. The van der Waals surface area contributed by atoms with Crippen molar-refractivity contribution in [3.63, 3.8) is 0 Å². The highest BCUT2D eigenvalue weighted by Gasteiger charge is 1.93. The van der Waals surface area contributed by atoms with Crippen molar-refractivity contribution in [2.45, 2.75) is 6.92 Å². The van der Waals surface area contributed by atoms with Gasteiger partial charge >= 0.3 is 0 Å². The third-order valence-corrected chi connectivity index (χ3v) is 2.32. The van der Waals surface area contributed by atoms with Gasteiger partial charge in [-0.1, -0.05) is 0 Å². The Kier molecular flexibility index (Phi) is 3.91. The molecule has 0 spiro atoms. The largest absolute Gasteiger partial charge is 0.494 e. The van der Waals surface area contributed by atoms with E-state index in [1.54, 1.807) is 12.1 Å². The molecule has 92 valence electrons. The summed E-state index contributed by atoms with van der Waals surface area (Å²) in [6.07, 6.45) is 0. The first-order valence-corrected chi connectivity index (χ1v) is 5.78. The summed E-state index contributed by atoms with van der Waals surface area (Å²) in [5.41, 5.74) is 7.87. The second-order valence-corrected chi connectivity index (χ2v) is 3.72. The fourth-order valence-electron chi connectivity index (χ4n) is 1.43. The van der Waals surface area contributed by atoms with Crippen LogP contribution in [-0.2, 0) is 0 Å². The van der Waals surface area contributed by atoms with Gasteiger partial charge in [-0.25, -0.2) is 0 Å². The molecule has 2 rings (SSSR count). The summed E-state index contributed by atoms with van der Waals surface area (Å²) in [5, 5.41) is 8.26. The molecular formula is C14H15N3O. The standard InChI is InChI=1S/C14H15N3O/c1-2-18-14-9-7-13(8-10-14)17-16-12-5-3-11(15)4-6-12/h3-10H,2,15H2,1H3. The number of azo groups is 1. The molecule has 0 amide bonds. The molecule has 0 aliphatic rings. The van der Waals surface area contributed by atoms with E-state index in [2.05, 4.69) is 10.2 Å². The highest BCUT2D eigenvalue weighted by Crippen LogP contribution is 2.21. The molecule has 0 atom stereocenters. The lowest BCUT2D eigenvalue weighted by atomic mass is 10.3. The van der Waals surface area contributed by atoms with Gasteiger partial charge in [0.25, 0.3) is 0 Å². The molecule has 2 aromatic rings. The summed E-state index contributed by atoms with van der Waals surface area (Å²) in [5.74, 6) is 0.837. The van der Waals surface area contributed by atoms with Crippen LogP contribution in [0.15, 0.2) is 58.8 Å². The smallest absolute Gasteiger partial charge is 0.119 e. The molecule has 0 aliphatic carbocycles. The van der Waals surface area contributed by atoms with Crippen molar-refractivity contribution in [2.75, 3.05) is 12.3 Å². The maximum Gasteiger partial charge on any atom is 0.119 e. The minimum atomic E-state index is 0.659. The first-order chi connectivity index (χ1) is 8.78. The van der Waals surface area contributed by atoms with Crippen LogP contribution < -0.4 is 10.5 Å². The monoisotopic (exact) mass is 241 g/mol. The molecule has 0 unspecified atom stereocenters. The zero-order valence-electron chi connectivity index (χ0n) is 10.2. The molecule has 0 aliphatic heterocycles. The predicted molar refractivity (Wildman–Crippen MR) is 72.6 cm³/mol. The molecule has 4 heteroatoms. The normalized spacial score (nSPS) is 10.7. The molecule has 18 heavy (non-hydrogen) atoms.